The Hall–Kier alpha value is -2.16. The van der Waals surface area contributed by atoms with Crippen LogP contribution in [0, 0.1) is 6.92 Å². The van der Waals surface area contributed by atoms with Gasteiger partial charge >= 0.3 is 0 Å². The van der Waals surface area contributed by atoms with Gasteiger partial charge in [-0.3, -0.25) is 0 Å². The smallest absolute Gasteiger partial charge is 0.0915 e. The highest BCUT2D eigenvalue weighted by Crippen LogP contribution is 2.21. The molecule has 3 rings (SSSR count). The molecule has 3 aromatic rings. The predicted molar refractivity (Wildman–Crippen MR) is 76.1 cm³/mol. The van der Waals surface area contributed by atoms with E-state index in [9.17, 15) is 0 Å². The number of anilines is 1. The Balaban J connectivity index is 2.31. The lowest BCUT2D eigenvalue weighted by Gasteiger charge is -2.12. The van der Waals surface area contributed by atoms with Gasteiger partial charge in [0.25, 0.3) is 0 Å². The Bertz CT molecular complexity index is 732. The summed E-state index contributed by atoms with van der Waals surface area (Å²) in [6, 6.07) is 12.3. The van der Waals surface area contributed by atoms with Gasteiger partial charge in [-0.1, -0.05) is 6.07 Å². The van der Waals surface area contributed by atoms with Crippen molar-refractivity contribution < 1.29 is 0 Å². The molecule has 0 fully saturated rings. The van der Waals surface area contributed by atoms with Crippen LogP contribution >= 0.6 is 0 Å². The molecule has 90 valence electrons. The Labute approximate surface area is 106 Å². The topological polar surface area (TPSA) is 29.0 Å². The van der Waals surface area contributed by atoms with Crippen LogP contribution in [0.2, 0.25) is 0 Å². The summed E-state index contributed by atoms with van der Waals surface area (Å²) in [6.07, 6.45) is 0. The summed E-state index contributed by atoms with van der Waals surface area (Å²) in [6.45, 7) is 2.07. The molecule has 0 saturated heterocycles. The summed E-state index contributed by atoms with van der Waals surface area (Å²) in [5, 5.41) is 0. The summed E-state index contributed by atoms with van der Waals surface area (Å²) < 4.78 is 0. The van der Waals surface area contributed by atoms with E-state index in [1.807, 2.05) is 26.2 Å². The SMILES string of the molecule is Cc1ccc2nc3ccc(N(C)C)cc3nc2c1. The van der Waals surface area contributed by atoms with Crippen LogP contribution < -0.4 is 4.90 Å². The van der Waals surface area contributed by atoms with E-state index in [0.717, 1.165) is 27.8 Å². The fourth-order valence-electron chi connectivity index (χ4n) is 2.05. The first-order valence-corrected chi connectivity index (χ1v) is 5.99. The second-order valence-corrected chi connectivity index (χ2v) is 4.78. The van der Waals surface area contributed by atoms with E-state index in [-0.39, 0.29) is 0 Å². The fraction of sp³-hybridized carbons (Fsp3) is 0.200. The van der Waals surface area contributed by atoms with Gasteiger partial charge in [0.1, 0.15) is 0 Å². The minimum absolute atomic E-state index is 0.942. The maximum Gasteiger partial charge on any atom is 0.0915 e. The maximum absolute atomic E-state index is 4.69. The average Bonchev–Trinajstić information content (AvgIpc) is 2.35. The van der Waals surface area contributed by atoms with Crippen LogP contribution in [0.3, 0.4) is 0 Å². The monoisotopic (exact) mass is 237 g/mol. The third kappa shape index (κ3) is 1.78. The third-order valence-electron chi connectivity index (χ3n) is 3.09. The largest absolute Gasteiger partial charge is 0.378 e. The molecule has 0 N–H and O–H groups in total. The van der Waals surface area contributed by atoms with Crippen molar-refractivity contribution in [2.45, 2.75) is 6.92 Å². The van der Waals surface area contributed by atoms with Crippen molar-refractivity contribution in [3.05, 3.63) is 42.0 Å². The molecule has 3 nitrogen and oxygen atoms in total. The highest BCUT2D eigenvalue weighted by atomic mass is 15.1. The van der Waals surface area contributed by atoms with Crippen molar-refractivity contribution in [3.63, 3.8) is 0 Å². The van der Waals surface area contributed by atoms with E-state index in [0.29, 0.717) is 0 Å². The molecule has 0 aliphatic heterocycles. The van der Waals surface area contributed by atoms with Crippen LogP contribution in [-0.2, 0) is 0 Å². The molecule has 18 heavy (non-hydrogen) atoms. The second kappa shape index (κ2) is 3.95. The van der Waals surface area contributed by atoms with Crippen molar-refractivity contribution in [1.82, 2.24) is 9.97 Å². The normalized spacial score (nSPS) is 11.1. The zero-order valence-corrected chi connectivity index (χ0v) is 10.8. The first kappa shape index (κ1) is 11.0. The van der Waals surface area contributed by atoms with Gasteiger partial charge in [0.15, 0.2) is 0 Å². The second-order valence-electron chi connectivity index (χ2n) is 4.78. The lowest BCUT2D eigenvalue weighted by Crippen LogP contribution is -2.08. The molecule has 3 heteroatoms. The first-order chi connectivity index (χ1) is 8.63. The number of hydrogen-bond donors (Lipinski definition) is 0. The molecular weight excluding hydrogens is 222 g/mol. The van der Waals surface area contributed by atoms with Crippen molar-refractivity contribution in [2.75, 3.05) is 19.0 Å². The molecule has 0 spiro atoms. The number of benzene rings is 2. The quantitative estimate of drug-likeness (QED) is 0.609. The number of hydrogen-bond acceptors (Lipinski definition) is 3. The summed E-state index contributed by atoms with van der Waals surface area (Å²) in [5.41, 5.74) is 6.14. The Morgan fingerprint density at radius 3 is 2.11 bits per heavy atom. The van der Waals surface area contributed by atoms with E-state index in [2.05, 4.69) is 41.1 Å². The van der Waals surface area contributed by atoms with Crippen molar-refractivity contribution in [3.8, 4) is 0 Å². The lowest BCUT2D eigenvalue weighted by molar-refractivity contribution is 1.13. The molecule has 1 heterocycles. The number of rotatable bonds is 1. The lowest BCUT2D eigenvalue weighted by atomic mass is 10.2. The number of fused-ring (bicyclic) bond motifs is 2. The standard InChI is InChI=1S/C15H15N3/c1-10-4-6-12-14(8-10)17-15-9-11(18(2)3)5-7-13(15)16-12/h4-9H,1-3H3. The van der Waals surface area contributed by atoms with Crippen LogP contribution in [0.15, 0.2) is 36.4 Å². The van der Waals surface area contributed by atoms with Gasteiger partial charge < -0.3 is 4.90 Å². The predicted octanol–water partition coefficient (Wildman–Crippen LogP) is 3.16. The van der Waals surface area contributed by atoms with E-state index in [1.165, 1.54) is 5.56 Å². The fourth-order valence-corrected chi connectivity index (χ4v) is 2.05. The minimum atomic E-state index is 0.942. The molecular formula is C15H15N3. The first-order valence-electron chi connectivity index (χ1n) is 5.99. The maximum atomic E-state index is 4.69. The minimum Gasteiger partial charge on any atom is -0.378 e. The van der Waals surface area contributed by atoms with Crippen LogP contribution in [0.25, 0.3) is 22.1 Å². The van der Waals surface area contributed by atoms with Gasteiger partial charge in [-0.05, 0) is 42.8 Å². The van der Waals surface area contributed by atoms with Crippen LogP contribution in [0.4, 0.5) is 5.69 Å². The Morgan fingerprint density at radius 1 is 0.778 bits per heavy atom. The van der Waals surface area contributed by atoms with E-state index >= 15 is 0 Å². The molecule has 0 bridgehead atoms. The molecule has 0 unspecified atom stereocenters. The summed E-state index contributed by atoms with van der Waals surface area (Å²) in [4.78, 5) is 11.4. The van der Waals surface area contributed by atoms with Gasteiger partial charge in [-0.2, -0.15) is 0 Å². The highest BCUT2D eigenvalue weighted by Gasteiger charge is 2.03. The summed E-state index contributed by atoms with van der Waals surface area (Å²) >= 11 is 0. The third-order valence-corrected chi connectivity index (χ3v) is 3.09. The van der Waals surface area contributed by atoms with Crippen LogP contribution in [0.1, 0.15) is 5.56 Å². The van der Waals surface area contributed by atoms with Crippen LogP contribution in [-0.4, -0.2) is 24.1 Å². The Morgan fingerprint density at radius 2 is 1.39 bits per heavy atom. The van der Waals surface area contributed by atoms with Gasteiger partial charge in [-0.15, -0.1) is 0 Å². The van der Waals surface area contributed by atoms with Gasteiger partial charge in [-0.25, -0.2) is 9.97 Å². The van der Waals surface area contributed by atoms with Crippen LogP contribution in [0.5, 0.6) is 0 Å². The van der Waals surface area contributed by atoms with Crippen molar-refractivity contribution in [1.29, 1.82) is 0 Å². The summed E-state index contributed by atoms with van der Waals surface area (Å²) in [5.74, 6) is 0. The molecule has 0 amide bonds. The molecule has 0 aliphatic rings. The number of aryl methyl sites for hydroxylation is 1. The van der Waals surface area contributed by atoms with Gasteiger partial charge in [0.05, 0.1) is 22.1 Å². The molecule has 0 saturated carbocycles. The van der Waals surface area contributed by atoms with Gasteiger partial charge in [0.2, 0.25) is 0 Å². The van der Waals surface area contributed by atoms with Crippen molar-refractivity contribution >= 4 is 27.8 Å². The summed E-state index contributed by atoms with van der Waals surface area (Å²) in [7, 11) is 4.06. The molecule has 0 atom stereocenters. The number of nitrogens with zero attached hydrogens (tertiary/aromatic N) is 3. The van der Waals surface area contributed by atoms with E-state index in [4.69, 9.17) is 4.98 Å². The Kier molecular flexibility index (Phi) is 2.40. The average molecular weight is 237 g/mol. The molecule has 1 aromatic heterocycles. The van der Waals surface area contributed by atoms with Gasteiger partial charge in [0, 0.05) is 19.8 Å². The van der Waals surface area contributed by atoms with E-state index in [1.54, 1.807) is 0 Å². The molecule has 0 aliphatic carbocycles. The highest BCUT2D eigenvalue weighted by molar-refractivity contribution is 5.88. The molecule has 0 radical (unpaired) electrons. The zero-order chi connectivity index (χ0) is 12.7. The zero-order valence-electron chi connectivity index (χ0n) is 10.8. The molecule has 2 aromatic carbocycles. The number of aromatic nitrogens is 2. The van der Waals surface area contributed by atoms with E-state index < -0.39 is 0 Å². The van der Waals surface area contributed by atoms with Crippen molar-refractivity contribution in [2.24, 2.45) is 0 Å².